The number of nitrogens with zero attached hydrogens (tertiary/aromatic N) is 1. The third-order valence-corrected chi connectivity index (χ3v) is 4.46. The predicted molar refractivity (Wildman–Crippen MR) is 112 cm³/mol. The van der Waals surface area contributed by atoms with Crippen LogP contribution in [0.4, 0.5) is 5.69 Å². The molecule has 1 amide bonds. The first kappa shape index (κ1) is 20.7. The Bertz CT molecular complexity index is 1050. The van der Waals surface area contributed by atoms with E-state index >= 15 is 0 Å². The molecule has 1 atom stereocenters. The molecule has 0 unspecified atom stereocenters. The van der Waals surface area contributed by atoms with Gasteiger partial charge in [-0.2, -0.15) is 0 Å². The van der Waals surface area contributed by atoms with Crippen LogP contribution in [0.3, 0.4) is 0 Å². The van der Waals surface area contributed by atoms with Gasteiger partial charge in [-0.1, -0.05) is 60.7 Å². The molecule has 0 aliphatic carbocycles. The van der Waals surface area contributed by atoms with Crippen LogP contribution in [-0.4, -0.2) is 22.8 Å². The number of hydrogen-bond donors (Lipinski definition) is 1. The van der Waals surface area contributed by atoms with Gasteiger partial charge in [0.15, 0.2) is 0 Å². The van der Waals surface area contributed by atoms with Crippen LogP contribution < -0.4 is 5.32 Å². The molecule has 7 heteroatoms. The van der Waals surface area contributed by atoms with E-state index in [1.165, 1.54) is 25.1 Å². The van der Waals surface area contributed by atoms with E-state index in [0.717, 1.165) is 22.8 Å². The van der Waals surface area contributed by atoms with Crippen molar-refractivity contribution in [1.29, 1.82) is 0 Å². The van der Waals surface area contributed by atoms with Gasteiger partial charge in [-0.3, -0.25) is 14.9 Å². The average Bonchev–Trinajstić information content (AvgIpc) is 2.78. The largest absolute Gasteiger partial charge is 0.459 e. The number of amides is 1. The first-order chi connectivity index (χ1) is 14.4. The van der Waals surface area contributed by atoms with E-state index in [1.54, 1.807) is 0 Å². The maximum Gasteiger partial charge on any atom is 0.328 e. The minimum Gasteiger partial charge on any atom is -0.459 e. The number of non-ortho nitro benzene ring substituents is 1. The predicted octanol–water partition coefficient (Wildman–Crippen LogP) is 4.12. The number of nitrogens with one attached hydrogen (secondary N) is 1. The molecular weight excluding hydrogens is 384 g/mol. The summed E-state index contributed by atoms with van der Waals surface area (Å²) >= 11 is 0. The highest BCUT2D eigenvalue weighted by Gasteiger charge is 2.19. The number of nitro benzene ring substituents is 1. The number of esters is 1. The molecular formula is C23H20N2O5. The van der Waals surface area contributed by atoms with Crippen LogP contribution in [0.25, 0.3) is 11.1 Å². The van der Waals surface area contributed by atoms with Gasteiger partial charge in [-0.15, -0.1) is 0 Å². The molecule has 0 saturated heterocycles. The van der Waals surface area contributed by atoms with Crippen molar-refractivity contribution in [2.75, 3.05) is 0 Å². The third kappa shape index (κ3) is 5.29. The van der Waals surface area contributed by atoms with Crippen LogP contribution in [0.5, 0.6) is 0 Å². The Balaban J connectivity index is 1.54. The van der Waals surface area contributed by atoms with Crippen LogP contribution in [0.2, 0.25) is 0 Å². The van der Waals surface area contributed by atoms with Gasteiger partial charge in [0.05, 0.1) is 4.92 Å². The molecule has 3 aromatic rings. The summed E-state index contributed by atoms with van der Waals surface area (Å²) in [6, 6.07) is 22.0. The van der Waals surface area contributed by atoms with Gasteiger partial charge in [-0.25, -0.2) is 4.79 Å². The molecule has 0 fully saturated rings. The Morgan fingerprint density at radius 1 is 0.967 bits per heavy atom. The van der Waals surface area contributed by atoms with Crippen LogP contribution in [0.15, 0.2) is 78.9 Å². The van der Waals surface area contributed by atoms with Gasteiger partial charge in [0.1, 0.15) is 12.6 Å². The van der Waals surface area contributed by atoms with E-state index in [1.807, 2.05) is 54.6 Å². The molecule has 0 heterocycles. The monoisotopic (exact) mass is 404 g/mol. The Morgan fingerprint density at radius 2 is 1.63 bits per heavy atom. The quantitative estimate of drug-likeness (QED) is 0.363. The minimum atomic E-state index is -0.902. The maximum atomic E-state index is 12.2. The fraction of sp³-hybridized carbons (Fsp3) is 0.130. The lowest BCUT2D eigenvalue weighted by molar-refractivity contribution is -0.384. The van der Waals surface area contributed by atoms with Crippen molar-refractivity contribution in [1.82, 2.24) is 5.32 Å². The summed E-state index contributed by atoms with van der Waals surface area (Å²) in [6.45, 7) is 1.57. The molecule has 7 nitrogen and oxygen atoms in total. The third-order valence-electron chi connectivity index (χ3n) is 4.46. The molecule has 0 radical (unpaired) electrons. The standard InChI is InChI=1S/C23H20N2O5/c1-16(24-22(26)20-8-5-9-21(14-20)25(28)29)23(27)30-15-17-10-12-19(13-11-17)18-6-3-2-4-7-18/h2-14,16H,15H2,1H3,(H,24,26)/t16-/m0/s1. The minimum absolute atomic E-state index is 0.0743. The van der Waals surface area contributed by atoms with Crippen molar-refractivity contribution in [3.05, 3.63) is 100 Å². The number of carbonyl (C=O) groups excluding carboxylic acids is 2. The van der Waals surface area contributed by atoms with Gasteiger partial charge < -0.3 is 10.1 Å². The molecule has 1 N–H and O–H groups in total. The zero-order valence-corrected chi connectivity index (χ0v) is 16.3. The Hall–Kier alpha value is -4.00. The van der Waals surface area contributed by atoms with E-state index in [4.69, 9.17) is 4.74 Å². The summed E-state index contributed by atoms with van der Waals surface area (Å²) in [5.41, 5.74) is 2.87. The second-order valence-corrected chi connectivity index (χ2v) is 6.67. The number of carbonyl (C=O) groups is 2. The first-order valence-electron chi connectivity index (χ1n) is 9.30. The molecule has 0 aliphatic rings. The number of nitro groups is 1. The van der Waals surface area contributed by atoms with Gasteiger partial charge in [0, 0.05) is 17.7 Å². The summed E-state index contributed by atoms with van der Waals surface area (Å²) in [6.07, 6.45) is 0. The van der Waals surface area contributed by atoms with E-state index in [-0.39, 0.29) is 17.9 Å². The average molecular weight is 404 g/mol. The normalized spacial score (nSPS) is 11.4. The van der Waals surface area contributed by atoms with Crippen molar-refractivity contribution < 1.29 is 19.2 Å². The van der Waals surface area contributed by atoms with Crippen LogP contribution in [0.1, 0.15) is 22.8 Å². The lowest BCUT2D eigenvalue weighted by Crippen LogP contribution is -2.39. The molecule has 30 heavy (non-hydrogen) atoms. The van der Waals surface area contributed by atoms with Crippen molar-refractivity contribution in [3.8, 4) is 11.1 Å². The molecule has 0 spiro atoms. The summed E-state index contributed by atoms with van der Waals surface area (Å²) in [5, 5.41) is 13.3. The van der Waals surface area contributed by atoms with Crippen molar-refractivity contribution >= 4 is 17.6 Å². The van der Waals surface area contributed by atoms with Crippen LogP contribution in [-0.2, 0) is 16.1 Å². The van der Waals surface area contributed by atoms with E-state index in [0.29, 0.717) is 0 Å². The molecule has 0 saturated carbocycles. The summed E-state index contributed by atoms with van der Waals surface area (Å²) < 4.78 is 5.27. The zero-order chi connectivity index (χ0) is 21.5. The van der Waals surface area contributed by atoms with Crippen molar-refractivity contribution in [2.45, 2.75) is 19.6 Å². The van der Waals surface area contributed by atoms with E-state index in [2.05, 4.69) is 5.32 Å². The smallest absolute Gasteiger partial charge is 0.328 e. The molecule has 3 aromatic carbocycles. The van der Waals surface area contributed by atoms with Gasteiger partial charge >= 0.3 is 5.97 Å². The highest BCUT2D eigenvalue weighted by atomic mass is 16.6. The Morgan fingerprint density at radius 3 is 2.30 bits per heavy atom. The lowest BCUT2D eigenvalue weighted by atomic mass is 10.0. The number of ether oxygens (including phenoxy) is 1. The Kier molecular flexibility index (Phi) is 6.54. The lowest BCUT2D eigenvalue weighted by Gasteiger charge is -2.13. The van der Waals surface area contributed by atoms with Gasteiger partial charge in [0.25, 0.3) is 11.6 Å². The first-order valence-corrected chi connectivity index (χ1v) is 9.30. The Labute approximate surface area is 173 Å². The summed E-state index contributed by atoms with van der Waals surface area (Å²) in [4.78, 5) is 34.7. The topological polar surface area (TPSA) is 98.5 Å². The summed E-state index contributed by atoms with van der Waals surface area (Å²) in [7, 11) is 0. The van der Waals surface area contributed by atoms with Crippen LogP contribution in [0, 0.1) is 10.1 Å². The van der Waals surface area contributed by atoms with E-state index in [9.17, 15) is 19.7 Å². The van der Waals surface area contributed by atoms with Crippen molar-refractivity contribution in [3.63, 3.8) is 0 Å². The molecule has 152 valence electrons. The fourth-order valence-corrected chi connectivity index (χ4v) is 2.80. The number of benzene rings is 3. The van der Waals surface area contributed by atoms with Gasteiger partial charge in [0.2, 0.25) is 0 Å². The number of rotatable bonds is 7. The van der Waals surface area contributed by atoms with Gasteiger partial charge in [-0.05, 0) is 29.7 Å². The molecule has 0 bridgehead atoms. The summed E-state index contributed by atoms with van der Waals surface area (Å²) in [5.74, 6) is -1.18. The van der Waals surface area contributed by atoms with E-state index < -0.39 is 22.8 Å². The second-order valence-electron chi connectivity index (χ2n) is 6.67. The second kappa shape index (κ2) is 9.47. The zero-order valence-electron chi connectivity index (χ0n) is 16.3. The molecule has 0 aliphatic heterocycles. The maximum absolute atomic E-state index is 12.2. The van der Waals surface area contributed by atoms with Crippen molar-refractivity contribution in [2.24, 2.45) is 0 Å². The van der Waals surface area contributed by atoms with Crippen LogP contribution >= 0.6 is 0 Å². The fourth-order valence-electron chi connectivity index (χ4n) is 2.80. The highest BCUT2D eigenvalue weighted by molar-refractivity contribution is 5.97. The number of hydrogen-bond acceptors (Lipinski definition) is 5. The molecule has 3 rings (SSSR count). The SMILES string of the molecule is C[C@H](NC(=O)c1cccc([N+](=O)[O-])c1)C(=O)OCc1ccc(-c2ccccc2)cc1. The highest BCUT2D eigenvalue weighted by Crippen LogP contribution is 2.19. The molecule has 0 aromatic heterocycles.